The molecule has 2 rings (SSSR count). The van der Waals surface area contributed by atoms with E-state index in [0.717, 1.165) is 20.6 Å². The summed E-state index contributed by atoms with van der Waals surface area (Å²) in [5, 5.41) is 3.30. The van der Waals surface area contributed by atoms with Crippen LogP contribution in [0.4, 0.5) is 5.69 Å². The Labute approximate surface area is 219 Å². The van der Waals surface area contributed by atoms with Gasteiger partial charge in [0.25, 0.3) is 0 Å². The van der Waals surface area contributed by atoms with E-state index in [9.17, 15) is 18.0 Å². The summed E-state index contributed by atoms with van der Waals surface area (Å²) in [4.78, 5) is 27.6. The zero-order valence-corrected chi connectivity index (χ0v) is 23.3. The van der Waals surface area contributed by atoms with Crippen LogP contribution in [0.2, 0.25) is 10.0 Å². The van der Waals surface area contributed by atoms with Gasteiger partial charge in [-0.25, -0.2) is 8.42 Å². The molecule has 7 nitrogen and oxygen atoms in total. The molecule has 1 unspecified atom stereocenters. The maximum atomic E-state index is 13.5. The fourth-order valence-corrected chi connectivity index (χ4v) is 4.73. The summed E-state index contributed by atoms with van der Waals surface area (Å²) in [5.41, 5.74) is 0.950. The fraction of sp³-hybridized carbons (Fsp3) is 0.391. The van der Waals surface area contributed by atoms with Crippen molar-refractivity contribution in [2.75, 3.05) is 23.7 Å². The van der Waals surface area contributed by atoms with Crippen molar-refractivity contribution >= 4 is 66.7 Å². The van der Waals surface area contributed by atoms with Gasteiger partial charge in [0, 0.05) is 27.6 Å². The second kappa shape index (κ2) is 12.2. The summed E-state index contributed by atoms with van der Waals surface area (Å²) in [6, 6.07) is 10.8. The number of nitrogens with zero attached hydrogens (tertiary/aromatic N) is 2. The van der Waals surface area contributed by atoms with E-state index >= 15 is 0 Å². The Balaban J connectivity index is 2.39. The zero-order valence-electron chi connectivity index (χ0n) is 19.4. The SMILES string of the molecule is CC(C)CNC(=O)C(C)N(Cc1ccc(Br)cc1)C(=O)CN(c1cc(Cl)cc(Cl)c1)S(C)(=O)=O. The number of carbonyl (C=O) groups is 2. The fourth-order valence-electron chi connectivity index (χ4n) is 3.12. The highest BCUT2D eigenvalue weighted by atomic mass is 79.9. The van der Waals surface area contributed by atoms with E-state index in [4.69, 9.17) is 23.2 Å². The summed E-state index contributed by atoms with van der Waals surface area (Å²) < 4.78 is 27.0. The topological polar surface area (TPSA) is 86.8 Å². The van der Waals surface area contributed by atoms with E-state index in [1.807, 2.05) is 38.1 Å². The largest absolute Gasteiger partial charge is 0.354 e. The molecule has 1 N–H and O–H groups in total. The van der Waals surface area contributed by atoms with Crippen LogP contribution >= 0.6 is 39.1 Å². The van der Waals surface area contributed by atoms with E-state index in [0.29, 0.717) is 6.54 Å². The van der Waals surface area contributed by atoms with Gasteiger partial charge in [0.1, 0.15) is 12.6 Å². The minimum Gasteiger partial charge on any atom is -0.354 e. The number of hydrogen-bond acceptors (Lipinski definition) is 4. The van der Waals surface area contributed by atoms with Gasteiger partial charge >= 0.3 is 0 Å². The Bertz CT molecular complexity index is 1110. The van der Waals surface area contributed by atoms with Gasteiger partial charge in [0.15, 0.2) is 0 Å². The Morgan fingerprint density at radius 1 is 1.03 bits per heavy atom. The first-order chi connectivity index (χ1) is 15.8. The Morgan fingerprint density at radius 2 is 1.59 bits per heavy atom. The van der Waals surface area contributed by atoms with E-state index in [-0.39, 0.29) is 34.1 Å². The lowest BCUT2D eigenvalue weighted by atomic mass is 10.1. The number of benzene rings is 2. The van der Waals surface area contributed by atoms with Crippen LogP contribution < -0.4 is 9.62 Å². The van der Waals surface area contributed by atoms with Gasteiger partial charge in [0.05, 0.1) is 11.9 Å². The summed E-state index contributed by atoms with van der Waals surface area (Å²) >= 11 is 15.5. The number of rotatable bonds is 10. The molecule has 0 aliphatic rings. The lowest BCUT2D eigenvalue weighted by molar-refractivity contribution is -0.139. The van der Waals surface area contributed by atoms with Crippen molar-refractivity contribution in [2.45, 2.75) is 33.4 Å². The predicted octanol–water partition coefficient (Wildman–Crippen LogP) is 4.71. The Hall–Kier alpha value is -1.81. The average molecular weight is 593 g/mol. The summed E-state index contributed by atoms with van der Waals surface area (Å²) in [6.45, 7) is 5.61. The molecule has 1 atom stereocenters. The molecule has 0 heterocycles. The van der Waals surface area contributed by atoms with Gasteiger partial charge < -0.3 is 10.2 Å². The molecule has 34 heavy (non-hydrogen) atoms. The third kappa shape index (κ3) is 8.45. The third-order valence-corrected chi connectivity index (χ3v) is 7.04. The van der Waals surface area contributed by atoms with Gasteiger partial charge in [-0.2, -0.15) is 0 Å². The van der Waals surface area contributed by atoms with Crippen LogP contribution in [-0.2, 0) is 26.2 Å². The average Bonchev–Trinajstić information content (AvgIpc) is 2.73. The molecule has 0 aliphatic carbocycles. The van der Waals surface area contributed by atoms with Crippen LogP contribution in [-0.4, -0.2) is 50.5 Å². The van der Waals surface area contributed by atoms with Crippen LogP contribution in [0.15, 0.2) is 46.9 Å². The molecule has 0 saturated carbocycles. The minimum atomic E-state index is -3.86. The van der Waals surface area contributed by atoms with Gasteiger partial charge in [-0.15, -0.1) is 0 Å². The second-order valence-electron chi connectivity index (χ2n) is 8.36. The minimum absolute atomic E-state index is 0.121. The highest BCUT2D eigenvalue weighted by Gasteiger charge is 2.30. The molecule has 186 valence electrons. The van der Waals surface area contributed by atoms with Gasteiger partial charge in [-0.1, -0.05) is 65.1 Å². The standard InChI is InChI=1S/C23H28BrCl2N3O4S/c1-15(2)12-27-23(31)16(3)28(13-17-5-7-18(24)8-6-17)22(30)14-29(34(4,32)33)21-10-19(25)9-20(26)11-21/h5-11,15-16H,12-14H2,1-4H3,(H,27,31). The lowest BCUT2D eigenvalue weighted by Crippen LogP contribution is -2.51. The number of carbonyl (C=O) groups excluding carboxylic acids is 2. The molecule has 0 aromatic heterocycles. The monoisotopic (exact) mass is 591 g/mol. The first kappa shape index (κ1) is 28.4. The van der Waals surface area contributed by atoms with Crippen LogP contribution in [0.3, 0.4) is 0 Å². The maximum Gasteiger partial charge on any atom is 0.244 e. The molecule has 2 amide bonds. The van der Waals surface area contributed by atoms with Crippen LogP contribution in [0.5, 0.6) is 0 Å². The second-order valence-corrected chi connectivity index (χ2v) is 12.1. The first-order valence-electron chi connectivity index (χ1n) is 10.5. The smallest absolute Gasteiger partial charge is 0.244 e. The number of hydrogen-bond donors (Lipinski definition) is 1. The van der Waals surface area contributed by atoms with Crippen molar-refractivity contribution in [1.82, 2.24) is 10.2 Å². The molecule has 0 saturated heterocycles. The molecular formula is C23H28BrCl2N3O4S. The van der Waals surface area contributed by atoms with Crippen molar-refractivity contribution in [3.05, 3.63) is 62.5 Å². The Kier molecular flexibility index (Phi) is 10.2. The van der Waals surface area contributed by atoms with E-state index in [1.54, 1.807) is 6.92 Å². The van der Waals surface area contributed by atoms with Crippen molar-refractivity contribution in [3.63, 3.8) is 0 Å². The highest BCUT2D eigenvalue weighted by Crippen LogP contribution is 2.27. The van der Waals surface area contributed by atoms with E-state index in [2.05, 4.69) is 21.2 Å². The number of anilines is 1. The van der Waals surface area contributed by atoms with Gasteiger partial charge in [0.2, 0.25) is 21.8 Å². The molecule has 0 spiro atoms. The van der Waals surface area contributed by atoms with Gasteiger partial charge in [-0.3, -0.25) is 13.9 Å². The predicted molar refractivity (Wildman–Crippen MR) is 141 cm³/mol. The molecule has 0 fully saturated rings. The normalized spacial score (nSPS) is 12.4. The third-order valence-electron chi connectivity index (χ3n) is 4.93. The van der Waals surface area contributed by atoms with Crippen molar-refractivity contribution in [1.29, 1.82) is 0 Å². The molecule has 2 aromatic carbocycles. The maximum absolute atomic E-state index is 13.5. The number of sulfonamides is 1. The van der Waals surface area contributed by atoms with Crippen LogP contribution in [0.25, 0.3) is 0 Å². The number of nitrogens with one attached hydrogen (secondary N) is 1. The summed E-state index contributed by atoms with van der Waals surface area (Å²) in [6.07, 6.45) is 0.993. The van der Waals surface area contributed by atoms with Gasteiger partial charge in [-0.05, 0) is 48.7 Å². The lowest BCUT2D eigenvalue weighted by Gasteiger charge is -2.31. The molecular weight excluding hydrogens is 565 g/mol. The van der Waals surface area contributed by atoms with Crippen molar-refractivity contribution in [3.8, 4) is 0 Å². The van der Waals surface area contributed by atoms with Crippen molar-refractivity contribution in [2.24, 2.45) is 5.92 Å². The van der Waals surface area contributed by atoms with Crippen LogP contribution in [0, 0.1) is 5.92 Å². The number of halogens is 3. The van der Waals surface area contributed by atoms with E-state index < -0.39 is 28.5 Å². The molecule has 2 aromatic rings. The quantitative estimate of drug-likeness (QED) is 0.433. The molecule has 0 bridgehead atoms. The summed E-state index contributed by atoms with van der Waals surface area (Å²) in [5.74, 6) is -0.632. The first-order valence-corrected chi connectivity index (χ1v) is 13.9. The highest BCUT2D eigenvalue weighted by molar-refractivity contribution is 9.10. The Morgan fingerprint density at radius 3 is 2.09 bits per heavy atom. The molecule has 11 heteroatoms. The van der Waals surface area contributed by atoms with Crippen molar-refractivity contribution < 1.29 is 18.0 Å². The molecule has 0 aliphatic heterocycles. The summed E-state index contributed by atoms with van der Waals surface area (Å²) in [7, 11) is -3.86. The van der Waals surface area contributed by atoms with E-state index in [1.165, 1.54) is 23.1 Å². The molecule has 0 radical (unpaired) electrons. The number of amides is 2. The zero-order chi connectivity index (χ0) is 25.6. The van der Waals surface area contributed by atoms with Crippen LogP contribution in [0.1, 0.15) is 26.3 Å².